The highest BCUT2D eigenvalue weighted by atomic mass is 79.9. The number of nitrogens with zero attached hydrogens (tertiary/aromatic N) is 2. The number of alkyl halides is 1. The molecule has 1 heterocycles. The van der Waals surface area contributed by atoms with Crippen LogP contribution in [-0.2, 0) is 6.42 Å². The third kappa shape index (κ3) is 2.58. The van der Waals surface area contributed by atoms with E-state index in [1.165, 1.54) is 6.07 Å². The zero-order chi connectivity index (χ0) is 15.0. The molecule has 0 amide bonds. The summed E-state index contributed by atoms with van der Waals surface area (Å²) in [5.74, 6) is 1.03. The molecule has 0 bridgehead atoms. The van der Waals surface area contributed by atoms with Gasteiger partial charge in [0.25, 0.3) is 0 Å². The summed E-state index contributed by atoms with van der Waals surface area (Å²) in [5.41, 5.74) is 3.76. The average molecular weight is 368 g/mol. The van der Waals surface area contributed by atoms with E-state index in [0.29, 0.717) is 16.8 Å². The molecule has 108 valence electrons. The first-order valence-corrected chi connectivity index (χ1v) is 7.93. The molecule has 3 aromatic rings. The zero-order valence-electron chi connectivity index (χ0n) is 11.4. The molecular weight excluding hydrogens is 355 g/mol. The van der Waals surface area contributed by atoms with Crippen molar-refractivity contribution >= 4 is 38.6 Å². The fourth-order valence-corrected chi connectivity index (χ4v) is 2.91. The van der Waals surface area contributed by atoms with Crippen LogP contribution in [0.3, 0.4) is 0 Å². The van der Waals surface area contributed by atoms with Crippen LogP contribution in [0.25, 0.3) is 16.7 Å². The maximum Gasteiger partial charge on any atom is 0.139 e. The third-order valence-corrected chi connectivity index (χ3v) is 4.26. The molecule has 0 fully saturated rings. The number of benzene rings is 2. The Hall–Kier alpha value is -1.39. The summed E-state index contributed by atoms with van der Waals surface area (Å²) in [7, 11) is 0. The Morgan fingerprint density at radius 1 is 1.29 bits per heavy atom. The fraction of sp³-hybridized carbons (Fsp3) is 0.188. The Kier molecular flexibility index (Phi) is 4.00. The highest BCUT2D eigenvalue weighted by molar-refractivity contribution is 9.10. The molecule has 0 N–H and O–H groups in total. The van der Waals surface area contributed by atoms with Gasteiger partial charge in [0, 0.05) is 12.3 Å². The minimum Gasteiger partial charge on any atom is -0.296 e. The maximum absolute atomic E-state index is 13.9. The van der Waals surface area contributed by atoms with Crippen LogP contribution in [0.15, 0.2) is 40.9 Å². The number of halogens is 3. The van der Waals surface area contributed by atoms with E-state index in [2.05, 4.69) is 20.9 Å². The van der Waals surface area contributed by atoms with Gasteiger partial charge in [0.2, 0.25) is 0 Å². The molecular formula is C16H13BrClFN2. The molecule has 0 aliphatic rings. The zero-order valence-corrected chi connectivity index (χ0v) is 13.7. The van der Waals surface area contributed by atoms with E-state index in [9.17, 15) is 4.39 Å². The molecule has 0 unspecified atom stereocenters. The van der Waals surface area contributed by atoms with Crippen molar-refractivity contribution in [3.05, 3.63) is 58.1 Å². The van der Waals surface area contributed by atoms with Crippen LogP contribution in [0.4, 0.5) is 4.39 Å². The largest absolute Gasteiger partial charge is 0.296 e. The Labute approximate surface area is 135 Å². The second-order valence-electron chi connectivity index (χ2n) is 4.84. The van der Waals surface area contributed by atoms with Crippen molar-refractivity contribution in [2.45, 2.75) is 13.3 Å². The summed E-state index contributed by atoms with van der Waals surface area (Å²) in [4.78, 5) is 4.64. The number of imidazole rings is 1. The Morgan fingerprint density at radius 3 is 2.81 bits per heavy atom. The van der Waals surface area contributed by atoms with Crippen molar-refractivity contribution in [2.24, 2.45) is 0 Å². The van der Waals surface area contributed by atoms with Gasteiger partial charge in [-0.05, 0) is 52.7 Å². The molecule has 21 heavy (non-hydrogen) atoms. The molecule has 0 saturated heterocycles. The summed E-state index contributed by atoms with van der Waals surface area (Å²) in [5, 5.41) is 0. The summed E-state index contributed by atoms with van der Waals surface area (Å²) in [6.45, 7) is 2.03. The maximum atomic E-state index is 13.9. The van der Waals surface area contributed by atoms with Gasteiger partial charge >= 0.3 is 0 Å². The van der Waals surface area contributed by atoms with Crippen molar-refractivity contribution in [1.82, 2.24) is 9.55 Å². The second-order valence-corrected chi connectivity index (χ2v) is 6.08. The Balaban J connectivity index is 2.32. The first kappa shape index (κ1) is 14.5. The number of aromatic nitrogens is 2. The van der Waals surface area contributed by atoms with Crippen LogP contribution in [0.2, 0.25) is 0 Å². The Morgan fingerprint density at radius 2 is 2.10 bits per heavy atom. The van der Waals surface area contributed by atoms with Crippen LogP contribution in [0.1, 0.15) is 11.4 Å². The number of rotatable bonds is 3. The van der Waals surface area contributed by atoms with Crippen LogP contribution < -0.4 is 0 Å². The van der Waals surface area contributed by atoms with Crippen molar-refractivity contribution in [2.75, 3.05) is 5.88 Å². The minimum atomic E-state index is -0.292. The lowest BCUT2D eigenvalue weighted by Crippen LogP contribution is -2.03. The summed E-state index contributed by atoms with van der Waals surface area (Å²) < 4.78 is 16.3. The highest BCUT2D eigenvalue weighted by Crippen LogP contribution is 2.27. The smallest absolute Gasteiger partial charge is 0.139 e. The van der Waals surface area contributed by atoms with Crippen LogP contribution in [0, 0.1) is 12.7 Å². The van der Waals surface area contributed by atoms with Crippen LogP contribution in [-0.4, -0.2) is 15.4 Å². The summed E-state index contributed by atoms with van der Waals surface area (Å²) >= 11 is 9.07. The molecule has 0 spiro atoms. The molecule has 0 aliphatic heterocycles. The number of fused-ring (bicyclic) bond motifs is 1. The van der Waals surface area contributed by atoms with E-state index >= 15 is 0 Å². The lowest BCUT2D eigenvalue weighted by Gasteiger charge is -2.10. The molecule has 3 rings (SSSR count). The predicted octanol–water partition coefficient (Wildman–Crippen LogP) is 5.02. The molecule has 0 aliphatic carbocycles. The Bertz CT molecular complexity index is 813. The summed E-state index contributed by atoms with van der Waals surface area (Å²) in [6, 6.07) is 11.1. The van der Waals surface area contributed by atoms with E-state index in [4.69, 9.17) is 11.6 Å². The molecule has 1 aromatic heterocycles. The van der Waals surface area contributed by atoms with Gasteiger partial charge in [-0.25, -0.2) is 9.37 Å². The molecule has 0 saturated carbocycles. The van der Waals surface area contributed by atoms with Crippen LogP contribution in [0.5, 0.6) is 0 Å². The van der Waals surface area contributed by atoms with Crippen molar-refractivity contribution < 1.29 is 4.39 Å². The van der Waals surface area contributed by atoms with Gasteiger partial charge < -0.3 is 0 Å². The van der Waals surface area contributed by atoms with Gasteiger partial charge in [0.05, 0.1) is 21.2 Å². The highest BCUT2D eigenvalue weighted by Gasteiger charge is 2.14. The molecule has 0 atom stereocenters. The monoisotopic (exact) mass is 366 g/mol. The van der Waals surface area contributed by atoms with Crippen molar-refractivity contribution in [1.29, 1.82) is 0 Å². The normalized spacial score (nSPS) is 11.2. The topological polar surface area (TPSA) is 17.8 Å². The van der Waals surface area contributed by atoms with E-state index in [-0.39, 0.29) is 5.82 Å². The number of aryl methyl sites for hydroxylation is 2. The van der Waals surface area contributed by atoms with Crippen LogP contribution >= 0.6 is 27.5 Å². The standard InChI is InChI=1S/C16H13BrClFN2/c1-10-3-2-4-14-16(10)21(15(20-14)7-8-18)11-5-6-12(17)13(19)9-11/h2-6,9H,7-8H2,1H3. The van der Waals surface area contributed by atoms with Crippen molar-refractivity contribution in [3.8, 4) is 5.69 Å². The van der Waals surface area contributed by atoms with Gasteiger partial charge in [-0.2, -0.15) is 0 Å². The fourth-order valence-electron chi connectivity index (χ4n) is 2.50. The molecule has 0 radical (unpaired) electrons. The van der Waals surface area contributed by atoms with E-state index in [1.54, 1.807) is 6.07 Å². The van der Waals surface area contributed by atoms with Gasteiger partial charge in [0.15, 0.2) is 0 Å². The number of para-hydroxylation sites is 1. The molecule has 2 aromatic carbocycles. The quantitative estimate of drug-likeness (QED) is 0.595. The first-order chi connectivity index (χ1) is 10.1. The number of hydrogen-bond donors (Lipinski definition) is 0. The van der Waals surface area contributed by atoms with E-state index < -0.39 is 0 Å². The molecule has 5 heteroatoms. The van der Waals surface area contributed by atoms with Crippen molar-refractivity contribution in [3.63, 3.8) is 0 Å². The lowest BCUT2D eigenvalue weighted by molar-refractivity contribution is 0.619. The minimum absolute atomic E-state index is 0.292. The van der Waals surface area contributed by atoms with Gasteiger partial charge in [-0.15, -0.1) is 11.6 Å². The average Bonchev–Trinajstić information content (AvgIpc) is 2.82. The third-order valence-electron chi connectivity index (χ3n) is 3.43. The SMILES string of the molecule is Cc1cccc2nc(CCCl)n(-c3ccc(Br)c(F)c3)c12. The lowest BCUT2D eigenvalue weighted by atomic mass is 10.2. The first-order valence-electron chi connectivity index (χ1n) is 6.60. The van der Waals surface area contributed by atoms with E-state index in [1.807, 2.05) is 35.8 Å². The van der Waals surface area contributed by atoms with Gasteiger partial charge in [0.1, 0.15) is 11.6 Å². The van der Waals surface area contributed by atoms with Gasteiger partial charge in [-0.1, -0.05) is 12.1 Å². The van der Waals surface area contributed by atoms with E-state index in [0.717, 1.165) is 28.1 Å². The second kappa shape index (κ2) is 5.78. The van der Waals surface area contributed by atoms with Gasteiger partial charge in [-0.3, -0.25) is 4.57 Å². The number of hydrogen-bond acceptors (Lipinski definition) is 1. The summed E-state index contributed by atoms with van der Waals surface area (Å²) in [6.07, 6.45) is 0.632. The predicted molar refractivity (Wildman–Crippen MR) is 87.9 cm³/mol. The molecule has 2 nitrogen and oxygen atoms in total.